The predicted octanol–water partition coefficient (Wildman–Crippen LogP) is 4.38. The fourth-order valence-corrected chi connectivity index (χ4v) is 5.64. The number of piperidine rings is 1. The van der Waals surface area contributed by atoms with Crippen LogP contribution in [0.1, 0.15) is 36.0 Å². The molecule has 4 aromatic rings. The molecule has 1 unspecified atom stereocenters. The number of carbonyl (C=O) groups is 1. The van der Waals surface area contributed by atoms with Crippen LogP contribution in [0.3, 0.4) is 0 Å². The molecule has 2 saturated heterocycles. The Morgan fingerprint density at radius 1 is 0.978 bits per heavy atom. The number of nitrogens with one attached hydrogen (secondary N) is 2. The maximum atomic E-state index is 14.1. The number of benzene rings is 1. The third-order valence-electron chi connectivity index (χ3n) is 7.96. The van der Waals surface area contributed by atoms with E-state index in [9.17, 15) is 31.9 Å². The molecule has 236 valence electrons. The molecule has 6 rings (SSSR count). The number of aromatic nitrogens is 2. The molecule has 2 N–H and O–H groups in total. The molecule has 0 spiro atoms. The van der Waals surface area contributed by atoms with Crippen molar-refractivity contribution in [2.45, 2.75) is 25.9 Å². The molecule has 1 atom stereocenters. The summed E-state index contributed by atoms with van der Waals surface area (Å²) in [6.45, 7) is 4.57. The summed E-state index contributed by atoms with van der Waals surface area (Å²) in [7, 11) is 0. The molecule has 11 nitrogen and oxygen atoms in total. The number of rotatable bonds is 7. The number of oxazole rings is 1. The smallest absolute Gasteiger partial charge is 0.417 e. The summed E-state index contributed by atoms with van der Waals surface area (Å²) in [5.74, 6) is -1.77. The Morgan fingerprint density at radius 2 is 1.71 bits per heavy atom. The topological polar surface area (TPSA) is 124 Å². The van der Waals surface area contributed by atoms with E-state index in [2.05, 4.69) is 20.6 Å². The van der Waals surface area contributed by atoms with Crippen LogP contribution in [-0.4, -0.2) is 55.1 Å². The molecule has 45 heavy (non-hydrogen) atoms. The highest BCUT2D eigenvalue weighted by Gasteiger charge is 2.42. The normalized spacial score (nSPS) is 17.5. The summed E-state index contributed by atoms with van der Waals surface area (Å²) in [6, 6.07) is 8.74. The number of alkyl halides is 3. The van der Waals surface area contributed by atoms with Crippen LogP contribution in [-0.2, 0) is 6.18 Å². The molecule has 0 radical (unpaired) electrons. The molecule has 2 aliphatic heterocycles. The van der Waals surface area contributed by atoms with E-state index in [0.29, 0.717) is 45.1 Å². The Hall–Kier alpha value is -4.95. The number of pyridine rings is 1. The minimum atomic E-state index is -4.89. The highest BCUT2D eigenvalue weighted by atomic mass is 19.4. The number of nitrogens with zero attached hydrogens (tertiary/aromatic N) is 5. The van der Waals surface area contributed by atoms with E-state index in [1.54, 1.807) is 21.9 Å². The third kappa shape index (κ3) is 6.06. The van der Waals surface area contributed by atoms with Crippen molar-refractivity contribution in [1.29, 1.82) is 0 Å². The highest BCUT2D eigenvalue weighted by molar-refractivity contribution is 6.03. The second kappa shape index (κ2) is 11.9. The molecule has 0 saturated carbocycles. The van der Waals surface area contributed by atoms with E-state index in [1.165, 1.54) is 30.5 Å². The Kier molecular flexibility index (Phi) is 7.93. The van der Waals surface area contributed by atoms with Crippen molar-refractivity contribution in [2.24, 2.45) is 5.92 Å². The summed E-state index contributed by atoms with van der Waals surface area (Å²) < 4.78 is 60.7. The number of anilines is 6. The molecule has 4 heterocycles. The number of para-hydroxylation sites is 1. The summed E-state index contributed by atoms with van der Waals surface area (Å²) in [4.78, 5) is 50.8. The van der Waals surface area contributed by atoms with Gasteiger partial charge in [-0.25, -0.2) is 9.37 Å². The van der Waals surface area contributed by atoms with Gasteiger partial charge in [-0.2, -0.15) is 18.2 Å². The molecule has 1 amide bonds. The number of amides is 1. The maximum absolute atomic E-state index is 14.1. The molecule has 2 fully saturated rings. The lowest BCUT2D eigenvalue weighted by Gasteiger charge is -2.37. The first-order valence-corrected chi connectivity index (χ1v) is 14.4. The molecular formula is C30H29F4N7O4. The van der Waals surface area contributed by atoms with Crippen LogP contribution in [0.4, 0.5) is 52.1 Å². The Morgan fingerprint density at radius 3 is 2.38 bits per heavy atom. The van der Waals surface area contributed by atoms with E-state index < -0.39 is 40.2 Å². The van der Waals surface area contributed by atoms with Gasteiger partial charge in [0, 0.05) is 39.3 Å². The van der Waals surface area contributed by atoms with Gasteiger partial charge in [-0.15, -0.1) is 0 Å². The quantitative estimate of drug-likeness (QED) is 0.225. The van der Waals surface area contributed by atoms with Gasteiger partial charge in [0.15, 0.2) is 5.69 Å². The first kappa shape index (κ1) is 30.1. The van der Waals surface area contributed by atoms with Crippen LogP contribution in [0.25, 0.3) is 0 Å². The largest absolute Gasteiger partial charge is 0.437 e. The van der Waals surface area contributed by atoms with Crippen LogP contribution < -0.4 is 36.2 Å². The Labute approximate surface area is 254 Å². The van der Waals surface area contributed by atoms with Gasteiger partial charge in [0.25, 0.3) is 22.8 Å². The van der Waals surface area contributed by atoms with Crippen molar-refractivity contribution < 1.29 is 26.8 Å². The minimum absolute atomic E-state index is 0.0508. The fraction of sp³-hybridized carbons (Fsp3) is 0.367. The first-order valence-electron chi connectivity index (χ1n) is 14.4. The second-order valence-corrected chi connectivity index (χ2v) is 11.2. The van der Waals surface area contributed by atoms with Gasteiger partial charge in [-0.05, 0) is 43.0 Å². The zero-order valence-electron chi connectivity index (χ0n) is 24.2. The van der Waals surface area contributed by atoms with Crippen molar-refractivity contribution in [2.75, 3.05) is 64.6 Å². The molecule has 2 aromatic heterocycles. The summed E-state index contributed by atoms with van der Waals surface area (Å²) in [6.07, 6.45) is -1.84. The van der Waals surface area contributed by atoms with Crippen molar-refractivity contribution >= 4 is 40.5 Å². The number of carbonyl (C=O) groups excluding carboxylic acids is 1. The summed E-state index contributed by atoms with van der Waals surface area (Å²) in [5, 5.41) is 5.15. The Bertz CT molecular complexity index is 1770. The van der Waals surface area contributed by atoms with Crippen LogP contribution in [0.15, 0.2) is 56.6 Å². The number of halogens is 4. The number of piperazine rings is 1. The van der Waals surface area contributed by atoms with Crippen LogP contribution in [0.5, 0.6) is 0 Å². The standard InChI is InChI=1S/C30H29F4N7O4/c1-17-5-4-10-41(16-17)29-38-27(30(32,33)34)26(45-29)28(44)36-18-8-9-21(35-15-18)39-11-13-40(14-12-39)23-22(24(42)25(23)43)37-20-7-3-2-6-19(20)31/h2-3,6-9,15,17,37H,4-5,10-14,16H2,1H3,(H,36,44). The lowest BCUT2D eigenvalue weighted by Crippen LogP contribution is -2.51. The molecule has 2 aromatic carbocycles. The molecular weight excluding hydrogens is 598 g/mol. The van der Waals surface area contributed by atoms with Gasteiger partial charge >= 0.3 is 6.18 Å². The summed E-state index contributed by atoms with van der Waals surface area (Å²) in [5.41, 5.74) is -2.22. The van der Waals surface area contributed by atoms with E-state index >= 15 is 0 Å². The predicted molar refractivity (Wildman–Crippen MR) is 160 cm³/mol. The molecule has 0 bridgehead atoms. The number of hydrogen-bond donors (Lipinski definition) is 2. The second-order valence-electron chi connectivity index (χ2n) is 11.2. The SMILES string of the molecule is CC1CCCN(c2nc(C(F)(F)F)c(C(=O)Nc3ccc(N4CCN(c5c(Nc6ccccc6F)c(=O)c5=O)CC4)nc3)o2)C1. The van der Waals surface area contributed by atoms with E-state index in [4.69, 9.17) is 4.42 Å². The van der Waals surface area contributed by atoms with Crippen molar-refractivity contribution in [3.8, 4) is 0 Å². The lowest BCUT2D eigenvalue weighted by molar-refractivity contribution is -0.141. The zero-order valence-corrected chi connectivity index (χ0v) is 24.2. The summed E-state index contributed by atoms with van der Waals surface area (Å²) >= 11 is 0. The van der Waals surface area contributed by atoms with Crippen molar-refractivity contribution in [1.82, 2.24) is 9.97 Å². The van der Waals surface area contributed by atoms with Crippen molar-refractivity contribution in [3.05, 3.63) is 80.3 Å². The monoisotopic (exact) mass is 627 g/mol. The van der Waals surface area contributed by atoms with E-state index in [-0.39, 0.29) is 34.7 Å². The fourth-order valence-electron chi connectivity index (χ4n) is 5.64. The average Bonchev–Trinajstić information content (AvgIpc) is 3.49. The van der Waals surface area contributed by atoms with Gasteiger partial charge < -0.3 is 29.8 Å². The zero-order chi connectivity index (χ0) is 31.9. The lowest BCUT2D eigenvalue weighted by atomic mass is 10.0. The highest BCUT2D eigenvalue weighted by Crippen LogP contribution is 2.35. The van der Waals surface area contributed by atoms with Crippen LogP contribution in [0.2, 0.25) is 0 Å². The van der Waals surface area contributed by atoms with Gasteiger partial charge in [-0.3, -0.25) is 14.4 Å². The Balaban J connectivity index is 1.10. The van der Waals surface area contributed by atoms with Gasteiger partial charge in [0.1, 0.15) is 23.0 Å². The molecule has 2 aliphatic rings. The minimum Gasteiger partial charge on any atom is -0.417 e. The van der Waals surface area contributed by atoms with E-state index in [1.807, 2.05) is 11.8 Å². The van der Waals surface area contributed by atoms with Crippen LogP contribution in [0, 0.1) is 11.7 Å². The van der Waals surface area contributed by atoms with Gasteiger partial charge in [0.05, 0.1) is 17.6 Å². The maximum Gasteiger partial charge on any atom is 0.437 e. The molecule has 15 heteroatoms. The first-order chi connectivity index (χ1) is 21.5. The van der Waals surface area contributed by atoms with Crippen molar-refractivity contribution in [3.63, 3.8) is 0 Å². The number of hydrogen-bond acceptors (Lipinski definition) is 10. The average molecular weight is 628 g/mol. The molecule has 0 aliphatic carbocycles. The van der Waals surface area contributed by atoms with Gasteiger partial charge in [-0.1, -0.05) is 19.1 Å². The van der Waals surface area contributed by atoms with Gasteiger partial charge in [0.2, 0.25) is 5.76 Å². The third-order valence-corrected chi connectivity index (χ3v) is 7.96. The van der Waals surface area contributed by atoms with Crippen LogP contribution >= 0.6 is 0 Å². The van der Waals surface area contributed by atoms with E-state index in [0.717, 1.165) is 12.8 Å².